The van der Waals surface area contributed by atoms with E-state index in [-0.39, 0.29) is 17.8 Å². The summed E-state index contributed by atoms with van der Waals surface area (Å²) in [4.78, 5) is 16.2. The molecular formula is C13H22N4O. The van der Waals surface area contributed by atoms with Crippen LogP contribution in [0.4, 0.5) is 0 Å². The highest BCUT2D eigenvalue weighted by atomic mass is 16.2. The smallest absolute Gasteiger partial charge is 0.291 e. The average Bonchev–Trinajstić information content (AvgIpc) is 3.06. The fraction of sp³-hybridized carbons (Fsp3) is 0.769. The molecule has 1 aliphatic carbocycles. The third-order valence-electron chi connectivity index (χ3n) is 3.50. The van der Waals surface area contributed by atoms with Gasteiger partial charge in [-0.3, -0.25) is 9.89 Å². The number of hydrogen-bond acceptors (Lipinski definition) is 3. The number of nitrogens with zero attached hydrogens (tertiary/aromatic N) is 2. The molecule has 1 aliphatic rings. The highest BCUT2D eigenvalue weighted by Gasteiger charge is 2.28. The Balaban J connectivity index is 1.86. The van der Waals surface area contributed by atoms with Crippen molar-refractivity contribution in [1.82, 2.24) is 20.5 Å². The Bertz CT molecular complexity index is 411. The third kappa shape index (κ3) is 3.31. The molecule has 0 spiro atoms. The monoisotopic (exact) mass is 250 g/mol. The molecule has 1 amide bonds. The summed E-state index contributed by atoms with van der Waals surface area (Å²) in [7, 11) is 0. The van der Waals surface area contributed by atoms with Gasteiger partial charge in [0.25, 0.3) is 5.91 Å². The summed E-state index contributed by atoms with van der Waals surface area (Å²) < 4.78 is 0. The Hall–Kier alpha value is -1.39. The minimum absolute atomic E-state index is 0.162. The zero-order chi connectivity index (χ0) is 13.1. The van der Waals surface area contributed by atoms with E-state index in [4.69, 9.17) is 0 Å². The van der Waals surface area contributed by atoms with Crippen molar-refractivity contribution in [3.63, 3.8) is 0 Å². The predicted molar refractivity (Wildman–Crippen MR) is 69.4 cm³/mol. The van der Waals surface area contributed by atoms with Gasteiger partial charge in [-0.15, -0.1) is 5.10 Å². The van der Waals surface area contributed by atoms with Crippen molar-refractivity contribution < 1.29 is 4.79 Å². The van der Waals surface area contributed by atoms with Crippen molar-refractivity contribution in [1.29, 1.82) is 0 Å². The number of hydrogen-bond donors (Lipinski definition) is 2. The SMILES string of the molecule is CCC(C)CC(C)NC(=O)c1n[nH]c(C2CC2)n1. The Morgan fingerprint density at radius 3 is 2.83 bits per heavy atom. The zero-order valence-electron chi connectivity index (χ0n) is 11.4. The lowest BCUT2D eigenvalue weighted by Crippen LogP contribution is -2.34. The van der Waals surface area contributed by atoms with Gasteiger partial charge in [-0.2, -0.15) is 0 Å². The van der Waals surface area contributed by atoms with Crippen LogP contribution in [0, 0.1) is 5.92 Å². The van der Waals surface area contributed by atoms with Gasteiger partial charge in [-0.05, 0) is 32.1 Å². The second-order valence-corrected chi connectivity index (χ2v) is 5.44. The topological polar surface area (TPSA) is 70.7 Å². The van der Waals surface area contributed by atoms with Gasteiger partial charge in [0.2, 0.25) is 5.82 Å². The lowest BCUT2D eigenvalue weighted by atomic mass is 10.0. The zero-order valence-corrected chi connectivity index (χ0v) is 11.4. The van der Waals surface area contributed by atoms with E-state index in [9.17, 15) is 4.79 Å². The van der Waals surface area contributed by atoms with Crippen LogP contribution in [-0.2, 0) is 0 Å². The van der Waals surface area contributed by atoms with Gasteiger partial charge in [0.15, 0.2) is 0 Å². The molecule has 2 atom stereocenters. The van der Waals surface area contributed by atoms with Crippen LogP contribution in [0.15, 0.2) is 0 Å². The maximum atomic E-state index is 11.9. The number of amides is 1. The first kappa shape index (κ1) is 13.1. The second kappa shape index (κ2) is 5.50. The highest BCUT2D eigenvalue weighted by molar-refractivity contribution is 5.90. The average molecular weight is 250 g/mol. The molecule has 1 aromatic heterocycles. The standard InChI is InChI=1S/C13H22N4O/c1-4-8(2)7-9(3)14-13(18)12-15-11(16-17-12)10-5-6-10/h8-10H,4-7H2,1-3H3,(H,14,18)(H,15,16,17). The van der Waals surface area contributed by atoms with Crippen molar-refractivity contribution in [2.24, 2.45) is 5.92 Å². The Kier molecular flexibility index (Phi) is 3.99. The van der Waals surface area contributed by atoms with E-state index in [1.165, 1.54) is 0 Å². The molecule has 5 nitrogen and oxygen atoms in total. The fourth-order valence-corrected chi connectivity index (χ4v) is 2.03. The van der Waals surface area contributed by atoms with E-state index in [1.807, 2.05) is 6.92 Å². The molecular weight excluding hydrogens is 228 g/mol. The second-order valence-electron chi connectivity index (χ2n) is 5.44. The number of H-pyrrole nitrogens is 1. The Labute approximate surface area is 108 Å². The largest absolute Gasteiger partial charge is 0.347 e. The lowest BCUT2D eigenvalue weighted by Gasteiger charge is -2.16. The number of aromatic nitrogens is 3. The third-order valence-corrected chi connectivity index (χ3v) is 3.50. The maximum Gasteiger partial charge on any atom is 0.291 e. The van der Waals surface area contributed by atoms with E-state index in [1.54, 1.807) is 0 Å². The number of aromatic amines is 1. The molecule has 0 radical (unpaired) electrons. The van der Waals surface area contributed by atoms with Gasteiger partial charge in [0, 0.05) is 12.0 Å². The summed E-state index contributed by atoms with van der Waals surface area (Å²) >= 11 is 0. The molecule has 1 saturated carbocycles. The van der Waals surface area contributed by atoms with Crippen LogP contribution in [0.5, 0.6) is 0 Å². The molecule has 0 bridgehead atoms. The molecule has 0 saturated heterocycles. The van der Waals surface area contributed by atoms with Gasteiger partial charge in [0.05, 0.1) is 0 Å². The molecule has 1 heterocycles. The number of carbonyl (C=O) groups excluding carboxylic acids is 1. The van der Waals surface area contributed by atoms with Crippen LogP contribution in [0.25, 0.3) is 0 Å². The summed E-state index contributed by atoms with van der Waals surface area (Å²) in [5, 5.41) is 9.78. The number of nitrogens with one attached hydrogen (secondary N) is 2. The number of rotatable bonds is 6. The van der Waals surface area contributed by atoms with Gasteiger partial charge >= 0.3 is 0 Å². The first-order valence-corrected chi connectivity index (χ1v) is 6.83. The molecule has 0 aliphatic heterocycles. The van der Waals surface area contributed by atoms with Gasteiger partial charge in [-0.25, -0.2) is 4.98 Å². The van der Waals surface area contributed by atoms with E-state index in [0.29, 0.717) is 11.8 Å². The van der Waals surface area contributed by atoms with E-state index in [2.05, 4.69) is 34.3 Å². The van der Waals surface area contributed by atoms with Crippen LogP contribution < -0.4 is 5.32 Å². The van der Waals surface area contributed by atoms with Crippen molar-refractivity contribution >= 4 is 5.91 Å². The van der Waals surface area contributed by atoms with Crippen molar-refractivity contribution in [2.75, 3.05) is 0 Å². The van der Waals surface area contributed by atoms with Crippen molar-refractivity contribution in [2.45, 2.75) is 58.4 Å². The molecule has 1 fully saturated rings. The minimum atomic E-state index is -0.172. The highest BCUT2D eigenvalue weighted by Crippen LogP contribution is 2.37. The van der Waals surface area contributed by atoms with Crippen LogP contribution in [0.3, 0.4) is 0 Å². The molecule has 18 heavy (non-hydrogen) atoms. The van der Waals surface area contributed by atoms with Crippen molar-refractivity contribution in [3.8, 4) is 0 Å². The summed E-state index contributed by atoms with van der Waals surface area (Å²) in [6.07, 6.45) is 4.43. The normalized spacial score (nSPS) is 18.4. The molecule has 5 heteroatoms. The van der Waals surface area contributed by atoms with E-state index < -0.39 is 0 Å². The molecule has 0 aromatic carbocycles. The Morgan fingerprint density at radius 1 is 1.50 bits per heavy atom. The van der Waals surface area contributed by atoms with Gasteiger partial charge in [0.1, 0.15) is 5.82 Å². The summed E-state index contributed by atoms with van der Waals surface area (Å²) in [5.41, 5.74) is 0. The molecule has 2 rings (SSSR count). The van der Waals surface area contributed by atoms with Crippen LogP contribution in [-0.4, -0.2) is 27.1 Å². The van der Waals surface area contributed by atoms with Gasteiger partial charge in [-0.1, -0.05) is 20.3 Å². The summed E-state index contributed by atoms with van der Waals surface area (Å²) in [6, 6.07) is 0.162. The van der Waals surface area contributed by atoms with E-state index in [0.717, 1.165) is 31.5 Å². The molecule has 2 N–H and O–H groups in total. The maximum absolute atomic E-state index is 11.9. The summed E-state index contributed by atoms with van der Waals surface area (Å²) in [5.74, 6) is 2.07. The van der Waals surface area contributed by atoms with Crippen LogP contribution >= 0.6 is 0 Å². The van der Waals surface area contributed by atoms with Crippen LogP contribution in [0.2, 0.25) is 0 Å². The lowest BCUT2D eigenvalue weighted by molar-refractivity contribution is 0.0925. The molecule has 100 valence electrons. The number of carbonyl (C=O) groups is 1. The van der Waals surface area contributed by atoms with Gasteiger partial charge < -0.3 is 5.32 Å². The first-order chi connectivity index (χ1) is 8.60. The molecule has 2 unspecified atom stereocenters. The molecule has 1 aromatic rings. The van der Waals surface area contributed by atoms with Crippen molar-refractivity contribution in [3.05, 3.63) is 11.6 Å². The van der Waals surface area contributed by atoms with Crippen LogP contribution in [0.1, 0.15) is 68.8 Å². The Morgan fingerprint density at radius 2 is 2.22 bits per heavy atom. The summed E-state index contributed by atoms with van der Waals surface area (Å²) in [6.45, 7) is 6.38. The predicted octanol–water partition coefficient (Wildman–Crippen LogP) is 2.24. The van der Waals surface area contributed by atoms with E-state index >= 15 is 0 Å². The quantitative estimate of drug-likeness (QED) is 0.813. The first-order valence-electron chi connectivity index (χ1n) is 6.83. The minimum Gasteiger partial charge on any atom is -0.347 e. The fourth-order valence-electron chi connectivity index (χ4n) is 2.03.